The molecule has 0 aliphatic rings. The minimum atomic E-state index is -0.388. The molecule has 5 heteroatoms. The van der Waals surface area contributed by atoms with Crippen molar-refractivity contribution in [1.29, 1.82) is 0 Å². The average molecular weight is 296 g/mol. The molecule has 0 aliphatic heterocycles. The summed E-state index contributed by atoms with van der Waals surface area (Å²) in [5.41, 5.74) is 3.21. The highest BCUT2D eigenvalue weighted by Crippen LogP contribution is 2.23. The third kappa shape index (κ3) is 3.14. The predicted octanol–water partition coefficient (Wildman–Crippen LogP) is 4.31. The van der Waals surface area contributed by atoms with Gasteiger partial charge in [-0.25, -0.2) is 4.98 Å². The van der Waals surface area contributed by atoms with Crippen molar-refractivity contribution in [3.8, 4) is 11.3 Å². The van der Waals surface area contributed by atoms with E-state index in [0.717, 1.165) is 21.8 Å². The normalized spacial score (nSPS) is 10.5. The van der Waals surface area contributed by atoms with Crippen LogP contribution in [0.25, 0.3) is 11.3 Å². The lowest BCUT2D eigenvalue weighted by atomic mass is 10.1. The zero-order chi connectivity index (χ0) is 14.7. The first-order valence-electron chi connectivity index (χ1n) is 6.45. The smallest absolute Gasteiger partial charge is 0.258 e. The van der Waals surface area contributed by atoms with Crippen LogP contribution in [0.4, 0.5) is 5.69 Å². The Kier molecular flexibility index (Phi) is 3.75. The third-order valence-electron chi connectivity index (χ3n) is 3.12. The van der Waals surface area contributed by atoms with Crippen LogP contribution in [0.1, 0.15) is 10.6 Å². The molecule has 0 spiro atoms. The highest BCUT2D eigenvalue weighted by molar-refractivity contribution is 7.10. The number of benzene rings is 2. The van der Waals surface area contributed by atoms with Crippen LogP contribution < -0.4 is 0 Å². The van der Waals surface area contributed by atoms with E-state index in [9.17, 15) is 10.1 Å². The molecular formula is C16H12N2O2S. The number of nitro groups is 1. The van der Waals surface area contributed by atoms with Crippen LogP contribution in [0.5, 0.6) is 0 Å². The van der Waals surface area contributed by atoms with Crippen LogP contribution >= 0.6 is 11.3 Å². The lowest BCUT2D eigenvalue weighted by Crippen LogP contribution is -1.90. The topological polar surface area (TPSA) is 56.0 Å². The number of nitrogens with zero attached hydrogens (tertiary/aromatic N) is 2. The first kappa shape index (κ1) is 13.5. The fourth-order valence-electron chi connectivity index (χ4n) is 2.04. The minimum absolute atomic E-state index is 0.114. The molecular weight excluding hydrogens is 284 g/mol. The molecule has 0 atom stereocenters. The maximum atomic E-state index is 10.6. The SMILES string of the molecule is O=[N+]([O-])c1ccc(Cc2nc(-c3ccccc3)cs2)cc1. The van der Waals surface area contributed by atoms with Gasteiger partial charge < -0.3 is 0 Å². The van der Waals surface area contributed by atoms with Crippen LogP contribution in [-0.4, -0.2) is 9.91 Å². The van der Waals surface area contributed by atoms with E-state index < -0.39 is 0 Å². The Balaban J connectivity index is 1.77. The molecule has 0 aliphatic carbocycles. The van der Waals surface area contributed by atoms with Gasteiger partial charge in [-0.3, -0.25) is 10.1 Å². The van der Waals surface area contributed by atoms with E-state index in [4.69, 9.17) is 0 Å². The predicted molar refractivity (Wildman–Crippen MR) is 83.5 cm³/mol. The Morgan fingerprint density at radius 3 is 2.43 bits per heavy atom. The first-order valence-corrected chi connectivity index (χ1v) is 7.33. The van der Waals surface area contributed by atoms with Gasteiger partial charge in [-0.2, -0.15) is 0 Å². The second-order valence-electron chi connectivity index (χ2n) is 4.59. The van der Waals surface area contributed by atoms with Crippen LogP contribution in [0, 0.1) is 10.1 Å². The van der Waals surface area contributed by atoms with Crippen LogP contribution in [0.15, 0.2) is 60.0 Å². The molecule has 104 valence electrons. The highest BCUT2D eigenvalue weighted by Gasteiger charge is 2.07. The van der Waals surface area contributed by atoms with Gasteiger partial charge in [0.25, 0.3) is 5.69 Å². The van der Waals surface area contributed by atoms with Crippen molar-refractivity contribution in [1.82, 2.24) is 4.98 Å². The number of hydrogen-bond donors (Lipinski definition) is 0. The summed E-state index contributed by atoms with van der Waals surface area (Å²) in [7, 11) is 0. The van der Waals surface area contributed by atoms with E-state index in [1.54, 1.807) is 23.5 Å². The van der Waals surface area contributed by atoms with Crippen molar-refractivity contribution in [2.45, 2.75) is 6.42 Å². The summed E-state index contributed by atoms with van der Waals surface area (Å²) in [6.45, 7) is 0. The average Bonchev–Trinajstić information content (AvgIpc) is 2.97. The summed E-state index contributed by atoms with van der Waals surface area (Å²) < 4.78 is 0. The fourth-order valence-corrected chi connectivity index (χ4v) is 2.88. The van der Waals surface area contributed by atoms with Gasteiger partial charge in [0.1, 0.15) is 0 Å². The van der Waals surface area contributed by atoms with E-state index in [1.807, 2.05) is 35.7 Å². The van der Waals surface area contributed by atoms with E-state index in [2.05, 4.69) is 4.98 Å². The molecule has 0 fully saturated rings. The molecule has 1 heterocycles. The van der Waals surface area contributed by atoms with Gasteiger partial charge in [-0.05, 0) is 5.56 Å². The molecule has 1 aromatic heterocycles. The monoisotopic (exact) mass is 296 g/mol. The van der Waals surface area contributed by atoms with Crippen LogP contribution in [-0.2, 0) is 6.42 Å². The minimum Gasteiger partial charge on any atom is -0.258 e. The van der Waals surface area contributed by atoms with Crippen molar-refractivity contribution in [3.05, 3.63) is 80.7 Å². The van der Waals surface area contributed by atoms with Gasteiger partial charge in [0, 0.05) is 29.5 Å². The van der Waals surface area contributed by atoms with Gasteiger partial charge in [-0.15, -0.1) is 11.3 Å². The first-order chi connectivity index (χ1) is 10.2. The molecule has 0 amide bonds. The summed E-state index contributed by atoms with van der Waals surface area (Å²) in [6.07, 6.45) is 0.690. The molecule has 0 saturated carbocycles. The number of hydrogen-bond acceptors (Lipinski definition) is 4. The fraction of sp³-hybridized carbons (Fsp3) is 0.0625. The van der Waals surface area contributed by atoms with Crippen molar-refractivity contribution in [2.75, 3.05) is 0 Å². The largest absolute Gasteiger partial charge is 0.269 e. The Hall–Kier alpha value is -2.53. The zero-order valence-electron chi connectivity index (χ0n) is 11.1. The van der Waals surface area contributed by atoms with Gasteiger partial charge in [0.2, 0.25) is 0 Å². The van der Waals surface area contributed by atoms with Crippen molar-refractivity contribution >= 4 is 17.0 Å². The molecule has 0 radical (unpaired) electrons. The van der Waals surface area contributed by atoms with E-state index >= 15 is 0 Å². The van der Waals surface area contributed by atoms with Crippen LogP contribution in [0.2, 0.25) is 0 Å². The lowest BCUT2D eigenvalue weighted by molar-refractivity contribution is -0.384. The molecule has 3 aromatic rings. The third-order valence-corrected chi connectivity index (χ3v) is 3.97. The number of aromatic nitrogens is 1. The molecule has 0 saturated heterocycles. The summed E-state index contributed by atoms with van der Waals surface area (Å²) in [6, 6.07) is 16.6. The number of non-ortho nitro benzene ring substituents is 1. The number of thiazole rings is 1. The Labute approximate surface area is 125 Å². The molecule has 0 unspecified atom stereocenters. The van der Waals surface area contributed by atoms with E-state index in [1.165, 1.54) is 12.1 Å². The van der Waals surface area contributed by atoms with Gasteiger partial charge in [-0.1, -0.05) is 42.5 Å². The molecule has 0 bridgehead atoms. The van der Waals surface area contributed by atoms with Crippen LogP contribution in [0.3, 0.4) is 0 Å². The maximum Gasteiger partial charge on any atom is 0.269 e. The molecule has 3 rings (SSSR count). The van der Waals surface area contributed by atoms with E-state index in [-0.39, 0.29) is 10.6 Å². The zero-order valence-corrected chi connectivity index (χ0v) is 11.9. The highest BCUT2D eigenvalue weighted by atomic mass is 32.1. The van der Waals surface area contributed by atoms with Gasteiger partial charge in [0.05, 0.1) is 15.6 Å². The standard InChI is InChI=1S/C16H12N2O2S/c19-18(20)14-8-6-12(7-9-14)10-16-17-15(11-21-16)13-4-2-1-3-5-13/h1-9,11H,10H2. The second-order valence-corrected chi connectivity index (χ2v) is 5.54. The van der Waals surface area contributed by atoms with E-state index in [0.29, 0.717) is 6.42 Å². The van der Waals surface area contributed by atoms with Gasteiger partial charge in [0.15, 0.2) is 0 Å². The summed E-state index contributed by atoms with van der Waals surface area (Å²) in [5, 5.41) is 13.7. The van der Waals surface area contributed by atoms with Crippen molar-refractivity contribution in [3.63, 3.8) is 0 Å². The maximum absolute atomic E-state index is 10.6. The summed E-state index contributed by atoms with van der Waals surface area (Å²) in [5.74, 6) is 0. The Morgan fingerprint density at radius 2 is 1.76 bits per heavy atom. The number of rotatable bonds is 4. The number of nitro benzene ring substituents is 1. The second kappa shape index (κ2) is 5.85. The quantitative estimate of drug-likeness (QED) is 0.532. The lowest BCUT2D eigenvalue weighted by Gasteiger charge is -1.98. The molecule has 0 N–H and O–H groups in total. The molecule has 2 aromatic carbocycles. The molecule has 4 nitrogen and oxygen atoms in total. The van der Waals surface area contributed by atoms with Crippen molar-refractivity contribution in [2.24, 2.45) is 0 Å². The summed E-state index contributed by atoms with van der Waals surface area (Å²) in [4.78, 5) is 14.9. The van der Waals surface area contributed by atoms with Gasteiger partial charge >= 0.3 is 0 Å². The summed E-state index contributed by atoms with van der Waals surface area (Å²) >= 11 is 1.60. The molecule has 21 heavy (non-hydrogen) atoms. The Morgan fingerprint density at radius 1 is 1.05 bits per heavy atom. The van der Waals surface area contributed by atoms with Crippen molar-refractivity contribution < 1.29 is 4.92 Å². The Bertz CT molecular complexity index is 751.